The van der Waals surface area contributed by atoms with Crippen molar-refractivity contribution in [1.29, 1.82) is 0 Å². The molecule has 0 amide bonds. The van der Waals surface area contributed by atoms with Crippen molar-refractivity contribution in [2.45, 2.75) is 90.9 Å². The van der Waals surface area contributed by atoms with E-state index in [1.54, 1.807) is 0 Å². The zero-order valence-electron chi connectivity index (χ0n) is 16.2. The summed E-state index contributed by atoms with van der Waals surface area (Å²) in [6, 6.07) is 4.28. The maximum absolute atomic E-state index is 10.7. The minimum Gasteiger partial charge on any atom is -0.507 e. The van der Waals surface area contributed by atoms with Gasteiger partial charge in [0.15, 0.2) is 0 Å². The lowest BCUT2D eigenvalue weighted by Gasteiger charge is -2.28. The van der Waals surface area contributed by atoms with Crippen LogP contribution in [0.4, 0.5) is 0 Å². The highest BCUT2D eigenvalue weighted by atomic mass is 16.4. The number of aryl methyl sites for hydroxylation is 1. The number of carboxylic acid groups (broad SMARTS) is 1. The van der Waals surface area contributed by atoms with Gasteiger partial charge in [-0.2, -0.15) is 0 Å². The molecule has 1 rings (SSSR count). The van der Waals surface area contributed by atoms with Gasteiger partial charge in [-0.05, 0) is 46.8 Å². The van der Waals surface area contributed by atoms with Gasteiger partial charge in [0.2, 0.25) is 0 Å². The molecule has 0 aliphatic rings. The number of aromatic hydroxyl groups is 1. The van der Waals surface area contributed by atoms with Gasteiger partial charge in [0.1, 0.15) is 5.75 Å². The van der Waals surface area contributed by atoms with Crippen molar-refractivity contribution in [2.75, 3.05) is 0 Å². The van der Waals surface area contributed by atoms with Crippen molar-refractivity contribution < 1.29 is 15.0 Å². The lowest BCUT2D eigenvalue weighted by Crippen LogP contribution is -2.18. The number of aliphatic carboxylic acids is 1. The summed E-state index contributed by atoms with van der Waals surface area (Å²) in [4.78, 5) is 10.5. The van der Waals surface area contributed by atoms with E-state index in [4.69, 9.17) is 5.11 Å². The first-order valence-electron chi connectivity index (χ1n) is 9.01. The van der Waals surface area contributed by atoms with Crippen molar-refractivity contribution in [3.8, 4) is 5.75 Å². The van der Waals surface area contributed by atoms with Crippen LogP contribution in [-0.2, 0) is 22.0 Å². The molecule has 136 valence electrons. The van der Waals surface area contributed by atoms with E-state index in [1.807, 2.05) is 0 Å². The minimum absolute atomic E-state index is 0.0957. The topological polar surface area (TPSA) is 57.5 Å². The third-order valence-electron chi connectivity index (χ3n) is 4.39. The Kier molecular flexibility index (Phi) is 6.88. The van der Waals surface area contributed by atoms with Crippen LogP contribution in [0, 0.1) is 0 Å². The zero-order chi connectivity index (χ0) is 18.5. The number of hydrogen-bond donors (Lipinski definition) is 2. The Bertz CT molecular complexity index is 524. The number of phenols is 1. The summed E-state index contributed by atoms with van der Waals surface area (Å²) in [5.41, 5.74) is 3.09. The molecular weight excluding hydrogens is 300 g/mol. The van der Waals surface area contributed by atoms with Crippen LogP contribution in [0.2, 0.25) is 0 Å². The first-order valence-corrected chi connectivity index (χ1v) is 9.01. The summed E-state index contributed by atoms with van der Waals surface area (Å²) < 4.78 is 0. The molecule has 0 heterocycles. The molecule has 0 spiro atoms. The zero-order valence-corrected chi connectivity index (χ0v) is 16.2. The van der Waals surface area contributed by atoms with Gasteiger partial charge < -0.3 is 10.2 Å². The Labute approximate surface area is 147 Å². The molecule has 0 saturated heterocycles. The molecule has 0 radical (unpaired) electrons. The third kappa shape index (κ3) is 6.18. The van der Waals surface area contributed by atoms with E-state index in [-0.39, 0.29) is 17.3 Å². The van der Waals surface area contributed by atoms with Gasteiger partial charge in [-0.3, -0.25) is 4.79 Å². The Hall–Kier alpha value is -1.51. The average molecular weight is 335 g/mol. The maximum Gasteiger partial charge on any atom is 0.303 e. The molecule has 1 aromatic carbocycles. The second kappa shape index (κ2) is 8.04. The quantitative estimate of drug-likeness (QED) is 0.641. The van der Waals surface area contributed by atoms with Crippen LogP contribution in [0.5, 0.6) is 5.75 Å². The predicted molar refractivity (Wildman–Crippen MR) is 99.9 cm³/mol. The van der Waals surface area contributed by atoms with Crippen LogP contribution < -0.4 is 0 Å². The van der Waals surface area contributed by atoms with E-state index in [0.29, 0.717) is 5.75 Å². The summed E-state index contributed by atoms with van der Waals surface area (Å²) in [6.45, 7) is 12.8. The number of unbranched alkanes of at least 4 members (excludes halogenated alkanes) is 3. The highest BCUT2D eigenvalue weighted by molar-refractivity contribution is 5.66. The first kappa shape index (κ1) is 20.5. The molecule has 0 aliphatic heterocycles. The SMILES string of the molecule is CC(C)(C)c1cc(CCCCCCC(=O)O)cc(C(C)(C)C)c1O. The van der Waals surface area contributed by atoms with E-state index in [2.05, 4.69) is 53.7 Å². The maximum atomic E-state index is 10.7. The number of carbonyl (C=O) groups is 1. The molecule has 3 nitrogen and oxygen atoms in total. The van der Waals surface area contributed by atoms with Crippen molar-refractivity contribution in [3.63, 3.8) is 0 Å². The van der Waals surface area contributed by atoms with Crippen LogP contribution in [0.3, 0.4) is 0 Å². The number of carboxylic acids is 1. The van der Waals surface area contributed by atoms with Crippen molar-refractivity contribution in [3.05, 3.63) is 28.8 Å². The number of phenolic OH excluding ortho intramolecular Hbond substituents is 1. The van der Waals surface area contributed by atoms with Crippen molar-refractivity contribution in [2.24, 2.45) is 0 Å². The molecule has 0 saturated carbocycles. The fraction of sp³-hybridized carbons (Fsp3) is 0.667. The fourth-order valence-corrected chi connectivity index (χ4v) is 2.94. The normalized spacial score (nSPS) is 12.4. The lowest BCUT2D eigenvalue weighted by molar-refractivity contribution is -0.137. The molecule has 1 aromatic rings. The lowest BCUT2D eigenvalue weighted by atomic mass is 9.78. The number of benzene rings is 1. The average Bonchev–Trinajstić information content (AvgIpc) is 2.41. The number of hydrogen-bond acceptors (Lipinski definition) is 2. The fourth-order valence-electron chi connectivity index (χ4n) is 2.94. The largest absolute Gasteiger partial charge is 0.507 e. The van der Waals surface area contributed by atoms with E-state index in [9.17, 15) is 9.90 Å². The summed E-state index contributed by atoms with van der Waals surface area (Å²) >= 11 is 0. The highest BCUT2D eigenvalue weighted by Crippen LogP contribution is 2.40. The first-order chi connectivity index (χ1) is 10.9. The van der Waals surface area contributed by atoms with E-state index in [1.165, 1.54) is 5.56 Å². The standard InChI is InChI=1S/C21H34O3/c1-20(2,3)16-13-15(11-9-7-8-10-12-18(22)23)14-17(19(16)24)21(4,5)6/h13-14,24H,7-12H2,1-6H3,(H,22,23). The second-order valence-corrected chi connectivity index (χ2v) is 8.85. The van der Waals surface area contributed by atoms with Crippen molar-refractivity contribution >= 4 is 5.97 Å². The highest BCUT2D eigenvalue weighted by Gasteiger charge is 2.26. The Morgan fingerprint density at radius 3 is 1.75 bits per heavy atom. The van der Waals surface area contributed by atoms with E-state index < -0.39 is 5.97 Å². The van der Waals surface area contributed by atoms with Gasteiger partial charge in [-0.15, -0.1) is 0 Å². The predicted octanol–water partition coefficient (Wildman–Crippen LogP) is 5.56. The molecule has 0 aliphatic carbocycles. The molecule has 0 bridgehead atoms. The van der Waals surface area contributed by atoms with Crippen LogP contribution in [0.25, 0.3) is 0 Å². The molecule has 24 heavy (non-hydrogen) atoms. The Balaban J connectivity index is 2.86. The van der Waals surface area contributed by atoms with Crippen LogP contribution in [-0.4, -0.2) is 16.2 Å². The summed E-state index contributed by atoms with van der Waals surface area (Å²) in [6.07, 6.45) is 5.05. The van der Waals surface area contributed by atoms with Crippen LogP contribution in [0.1, 0.15) is 90.3 Å². The molecule has 3 heteroatoms. The number of rotatable bonds is 7. The Morgan fingerprint density at radius 1 is 0.875 bits per heavy atom. The summed E-state index contributed by atoms with van der Waals surface area (Å²) in [5, 5.41) is 19.4. The summed E-state index contributed by atoms with van der Waals surface area (Å²) in [7, 11) is 0. The molecule has 0 fully saturated rings. The third-order valence-corrected chi connectivity index (χ3v) is 4.39. The van der Waals surface area contributed by atoms with Crippen LogP contribution >= 0.6 is 0 Å². The second-order valence-electron chi connectivity index (χ2n) is 8.85. The molecular formula is C21H34O3. The summed E-state index contributed by atoms with van der Waals surface area (Å²) in [5.74, 6) is -0.279. The van der Waals surface area contributed by atoms with Gasteiger partial charge in [-0.1, -0.05) is 66.5 Å². The van der Waals surface area contributed by atoms with Gasteiger partial charge in [0, 0.05) is 6.42 Å². The van der Waals surface area contributed by atoms with Crippen molar-refractivity contribution in [1.82, 2.24) is 0 Å². The van der Waals surface area contributed by atoms with Gasteiger partial charge >= 0.3 is 5.97 Å². The monoisotopic (exact) mass is 334 g/mol. The van der Waals surface area contributed by atoms with E-state index >= 15 is 0 Å². The Morgan fingerprint density at radius 2 is 1.33 bits per heavy atom. The van der Waals surface area contributed by atoms with E-state index in [0.717, 1.165) is 43.2 Å². The van der Waals surface area contributed by atoms with Crippen LogP contribution in [0.15, 0.2) is 12.1 Å². The minimum atomic E-state index is -0.710. The molecule has 0 aromatic heterocycles. The van der Waals surface area contributed by atoms with Gasteiger partial charge in [-0.25, -0.2) is 0 Å². The molecule has 2 N–H and O–H groups in total. The smallest absolute Gasteiger partial charge is 0.303 e. The van der Waals surface area contributed by atoms with Gasteiger partial charge in [0.25, 0.3) is 0 Å². The molecule has 0 unspecified atom stereocenters. The molecule has 0 atom stereocenters. The van der Waals surface area contributed by atoms with Gasteiger partial charge in [0.05, 0.1) is 0 Å².